The van der Waals surface area contributed by atoms with Crippen molar-refractivity contribution in [3.8, 4) is 5.75 Å². The molecule has 1 aromatic carbocycles. The Kier molecular flexibility index (Phi) is 5.62. The maximum Gasteiger partial charge on any atom is 0.122 e. The molecule has 2 rings (SSSR count). The van der Waals surface area contributed by atoms with Gasteiger partial charge in [0.2, 0.25) is 0 Å². The van der Waals surface area contributed by atoms with Crippen LogP contribution in [0.5, 0.6) is 5.75 Å². The van der Waals surface area contributed by atoms with Gasteiger partial charge in [-0.05, 0) is 44.0 Å². The SMILES string of the molecule is Cc1cc(/C=C/CN2CCNCC2)ccc1OC(C)C. The Morgan fingerprint density at radius 3 is 2.70 bits per heavy atom. The second kappa shape index (κ2) is 7.46. The number of nitrogens with one attached hydrogen (secondary N) is 1. The van der Waals surface area contributed by atoms with Gasteiger partial charge in [0.05, 0.1) is 6.10 Å². The molecule has 0 radical (unpaired) electrons. The van der Waals surface area contributed by atoms with Crippen molar-refractivity contribution < 1.29 is 4.74 Å². The molecule has 1 fully saturated rings. The standard InChI is InChI=1S/C17H26N2O/c1-14(2)20-17-7-6-16(13-15(17)3)5-4-10-19-11-8-18-9-12-19/h4-7,13-14,18H,8-12H2,1-3H3/b5-4+. The van der Waals surface area contributed by atoms with Gasteiger partial charge in [-0.3, -0.25) is 4.90 Å². The Morgan fingerprint density at radius 1 is 1.30 bits per heavy atom. The predicted molar refractivity (Wildman–Crippen MR) is 85.3 cm³/mol. The minimum Gasteiger partial charge on any atom is -0.491 e. The zero-order valence-corrected chi connectivity index (χ0v) is 12.9. The Labute approximate surface area is 122 Å². The molecule has 1 N–H and O–H groups in total. The second-order valence-electron chi connectivity index (χ2n) is 5.64. The lowest BCUT2D eigenvalue weighted by Crippen LogP contribution is -2.43. The fraction of sp³-hybridized carbons (Fsp3) is 0.529. The van der Waals surface area contributed by atoms with Crippen LogP contribution in [-0.2, 0) is 0 Å². The van der Waals surface area contributed by atoms with Crippen molar-refractivity contribution in [1.82, 2.24) is 10.2 Å². The second-order valence-corrected chi connectivity index (χ2v) is 5.64. The summed E-state index contributed by atoms with van der Waals surface area (Å²) in [4.78, 5) is 2.47. The maximum atomic E-state index is 5.76. The molecular formula is C17H26N2O. The molecule has 1 saturated heterocycles. The van der Waals surface area contributed by atoms with Crippen molar-refractivity contribution in [3.63, 3.8) is 0 Å². The van der Waals surface area contributed by atoms with Gasteiger partial charge in [0, 0.05) is 32.7 Å². The molecule has 0 spiro atoms. The number of ether oxygens (including phenoxy) is 1. The van der Waals surface area contributed by atoms with Crippen LogP contribution in [0, 0.1) is 6.92 Å². The Bertz CT molecular complexity index is 448. The number of benzene rings is 1. The van der Waals surface area contributed by atoms with E-state index in [1.165, 1.54) is 11.1 Å². The van der Waals surface area contributed by atoms with Crippen LogP contribution in [0.15, 0.2) is 24.3 Å². The average molecular weight is 274 g/mol. The molecular weight excluding hydrogens is 248 g/mol. The fourth-order valence-electron chi connectivity index (χ4n) is 2.39. The third kappa shape index (κ3) is 4.66. The molecule has 1 aliphatic heterocycles. The average Bonchev–Trinajstić information content (AvgIpc) is 2.43. The van der Waals surface area contributed by atoms with E-state index in [1.807, 2.05) is 0 Å². The summed E-state index contributed by atoms with van der Waals surface area (Å²) in [6, 6.07) is 6.38. The molecule has 20 heavy (non-hydrogen) atoms. The molecule has 0 aliphatic carbocycles. The van der Waals surface area contributed by atoms with Crippen molar-refractivity contribution >= 4 is 6.08 Å². The van der Waals surface area contributed by atoms with E-state index in [-0.39, 0.29) is 6.10 Å². The smallest absolute Gasteiger partial charge is 0.122 e. The van der Waals surface area contributed by atoms with E-state index in [2.05, 4.69) is 61.3 Å². The summed E-state index contributed by atoms with van der Waals surface area (Å²) in [5.41, 5.74) is 2.44. The van der Waals surface area contributed by atoms with E-state index in [4.69, 9.17) is 4.74 Å². The van der Waals surface area contributed by atoms with Gasteiger partial charge < -0.3 is 10.1 Å². The molecule has 0 bridgehead atoms. The fourth-order valence-corrected chi connectivity index (χ4v) is 2.39. The molecule has 1 heterocycles. The first-order valence-corrected chi connectivity index (χ1v) is 7.52. The third-order valence-electron chi connectivity index (χ3n) is 3.45. The highest BCUT2D eigenvalue weighted by atomic mass is 16.5. The number of aryl methyl sites for hydroxylation is 1. The zero-order chi connectivity index (χ0) is 14.4. The zero-order valence-electron chi connectivity index (χ0n) is 12.9. The van der Waals surface area contributed by atoms with Crippen LogP contribution in [-0.4, -0.2) is 43.7 Å². The number of piperazine rings is 1. The van der Waals surface area contributed by atoms with E-state index in [0.29, 0.717) is 0 Å². The lowest BCUT2D eigenvalue weighted by molar-refractivity contribution is 0.241. The first-order valence-electron chi connectivity index (χ1n) is 7.52. The summed E-state index contributed by atoms with van der Waals surface area (Å²) < 4.78 is 5.76. The van der Waals surface area contributed by atoms with Gasteiger partial charge in [0.25, 0.3) is 0 Å². The van der Waals surface area contributed by atoms with Crippen molar-refractivity contribution in [2.75, 3.05) is 32.7 Å². The Hall–Kier alpha value is -1.32. The summed E-state index contributed by atoms with van der Waals surface area (Å²) in [7, 11) is 0. The Balaban J connectivity index is 1.90. The highest BCUT2D eigenvalue weighted by Gasteiger charge is 2.06. The van der Waals surface area contributed by atoms with Gasteiger partial charge in [-0.1, -0.05) is 18.2 Å². The van der Waals surface area contributed by atoms with Crippen LogP contribution in [0.3, 0.4) is 0 Å². The quantitative estimate of drug-likeness (QED) is 0.893. The Morgan fingerprint density at radius 2 is 2.05 bits per heavy atom. The first kappa shape index (κ1) is 15.1. The summed E-state index contributed by atoms with van der Waals surface area (Å²) in [6.07, 6.45) is 4.68. The molecule has 0 amide bonds. The summed E-state index contributed by atoms with van der Waals surface area (Å²) in [6.45, 7) is 11.7. The van der Waals surface area contributed by atoms with E-state index < -0.39 is 0 Å². The van der Waals surface area contributed by atoms with Crippen molar-refractivity contribution in [1.29, 1.82) is 0 Å². The highest BCUT2D eigenvalue weighted by Crippen LogP contribution is 2.21. The largest absolute Gasteiger partial charge is 0.491 e. The van der Waals surface area contributed by atoms with Gasteiger partial charge in [-0.25, -0.2) is 0 Å². The van der Waals surface area contributed by atoms with E-state index >= 15 is 0 Å². The van der Waals surface area contributed by atoms with Crippen molar-refractivity contribution in [2.45, 2.75) is 26.9 Å². The highest BCUT2D eigenvalue weighted by molar-refractivity contribution is 5.53. The molecule has 1 aromatic rings. The molecule has 0 atom stereocenters. The van der Waals surface area contributed by atoms with Crippen LogP contribution in [0.4, 0.5) is 0 Å². The van der Waals surface area contributed by atoms with Crippen LogP contribution < -0.4 is 10.1 Å². The monoisotopic (exact) mass is 274 g/mol. The minimum atomic E-state index is 0.225. The van der Waals surface area contributed by atoms with Crippen LogP contribution in [0.1, 0.15) is 25.0 Å². The predicted octanol–water partition coefficient (Wildman–Crippen LogP) is 2.70. The van der Waals surface area contributed by atoms with Gasteiger partial charge >= 0.3 is 0 Å². The lowest BCUT2D eigenvalue weighted by Gasteiger charge is -2.25. The number of hydrogen-bond acceptors (Lipinski definition) is 3. The van der Waals surface area contributed by atoms with Gasteiger partial charge in [0.1, 0.15) is 5.75 Å². The minimum absolute atomic E-state index is 0.225. The van der Waals surface area contributed by atoms with Crippen molar-refractivity contribution in [2.24, 2.45) is 0 Å². The lowest BCUT2D eigenvalue weighted by atomic mass is 10.1. The molecule has 1 aliphatic rings. The summed E-state index contributed by atoms with van der Waals surface area (Å²) in [5.74, 6) is 0.985. The van der Waals surface area contributed by atoms with E-state index in [9.17, 15) is 0 Å². The van der Waals surface area contributed by atoms with Crippen molar-refractivity contribution in [3.05, 3.63) is 35.4 Å². The number of hydrogen-bond donors (Lipinski definition) is 1. The molecule has 3 nitrogen and oxygen atoms in total. The number of nitrogens with zero attached hydrogens (tertiary/aromatic N) is 1. The van der Waals surface area contributed by atoms with Crippen LogP contribution in [0.2, 0.25) is 0 Å². The van der Waals surface area contributed by atoms with Crippen LogP contribution in [0.25, 0.3) is 6.08 Å². The van der Waals surface area contributed by atoms with Gasteiger partial charge in [-0.2, -0.15) is 0 Å². The first-order chi connectivity index (χ1) is 9.65. The van der Waals surface area contributed by atoms with Crippen LogP contribution >= 0.6 is 0 Å². The maximum absolute atomic E-state index is 5.76. The number of rotatable bonds is 5. The molecule has 3 heteroatoms. The normalized spacial score (nSPS) is 17.0. The van der Waals surface area contributed by atoms with E-state index in [0.717, 1.165) is 38.5 Å². The molecule has 0 aromatic heterocycles. The van der Waals surface area contributed by atoms with Gasteiger partial charge in [-0.15, -0.1) is 0 Å². The van der Waals surface area contributed by atoms with E-state index in [1.54, 1.807) is 0 Å². The topological polar surface area (TPSA) is 24.5 Å². The summed E-state index contributed by atoms with van der Waals surface area (Å²) in [5, 5.41) is 3.37. The molecule has 0 unspecified atom stereocenters. The molecule has 0 saturated carbocycles. The summed E-state index contributed by atoms with van der Waals surface area (Å²) >= 11 is 0. The molecule has 110 valence electrons. The van der Waals surface area contributed by atoms with Gasteiger partial charge in [0.15, 0.2) is 0 Å². The third-order valence-corrected chi connectivity index (χ3v) is 3.45.